The van der Waals surface area contributed by atoms with Crippen molar-refractivity contribution in [3.05, 3.63) is 18.3 Å². The van der Waals surface area contributed by atoms with Gasteiger partial charge >= 0.3 is 89.5 Å². The number of allylic oxidation sites excluding steroid dienone is 4. The van der Waals surface area contributed by atoms with Gasteiger partial charge in [0.2, 0.25) is 0 Å². The Morgan fingerprint density at radius 2 is 2.50 bits per heavy atom. The monoisotopic (exact) mass is 260 g/mol. The van der Waals surface area contributed by atoms with Gasteiger partial charge in [0.1, 0.15) is 0 Å². The van der Waals surface area contributed by atoms with Crippen molar-refractivity contribution in [2.45, 2.75) is 27.1 Å². The van der Waals surface area contributed by atoms with Crippen LogP contribution < -0.4 is 0 Å². The topological polar surface area (TPSA) is 0 Å². The van der Waals surface area contributed by atoms with Gasteiger partial charge in [-0.25, -0.2) is 0 Å². The normalized spacial score (nSPS) is 15.1. The molecule has 0 spiro atoms. The molecule has 0 aliphatic heterocycles. The standard InChI is InChI=1S/C5H5.C4H9.Ba/c1-2-4-5-3-1;1-3-4-2;/h1-3H,4H2;1,3-4H2,2H3;. The SMILES string of the molecule is CCC[CH2][Ba][C]1=CC=CC1. The maximum absolute atomic E-state index is 2.36. The molecule has 0 aromatic carbocycles. The van der Waals surface area contributed by atoms with Crippen molar-refractivity contribution in [2.75, 3.05) is 0 Å². The van der Waals surface area contributed by atoms with Gasteiger partial charge in [-0.05, 0) is 0 Å². The van der Waals surface area contributed by atoms with Crippen molar-refractivity contribution < 1.29 is 0 Å². The van der Waals surface area contributed by atoms with E-state index in [4.69, 9.17) is 0 Å². The summed E-state index contributed by atoms with van der Waals surface area (Å²) in [6.45, 7) is 2.29. The van der Waals surface area contributed by atoms with Gasteiger partial charge in [0.05, 0.1) is 0 Å². The maximum atomic E-state index is 2.36. The van der Waals surface area contributed by atoms with Gasteiger partial charge in [0, 0.05) is 0 Å². The second-order valence-electron chi connectivity index (χ2n) is 2.91. The van der Waals surface area contributed by atoms with E-state index in [0.717, 1.165) is 0 Å². The molecule has 1 aliphatic carbocycles. The van der Waals surface area contributed by atoms with E-state index in [1.807, 2.05) is 0.0410 Å². The van der Waals surface area contributed by atoms with E-state index in [1.54, 1.807) is 0.889 Å². The molecule has 0 saturated heterocycles. The first-order valence-corrected chi connectivity index (χ1v) is 9.64. The molecule has 0 aromatic rings. The number of hydrogen-bond acceptors (Lipinski definition) is 0. The first kappa shape index (κ1) is 9.14. The minimum absolute atomic E-state index is 0.512. The number of rotatable bonds is 4. The Balaban J connectivity index is 2.04. The molecule has 0 aromatic heterocycles. The summed E-state index contributed by atoms with van der Waals surface area (Å²) in [7, 11) is 0. The van der Waals surface area contributed by atoms with E-state index >= 15 is 0 Å². The summed E-state index contributed by atoms with van der Waals surface area (Å²) in [4.78, 5) is 0. The molecule has 10 heavy (non-hydrogen) atoms. The zero-order valence-corrected chi connectivity index (χ0v) is 11.2. The van der Waals surface area contributed by atoms with Crippen LogP contribution in [0.25, 0.3) is 0 Å². The summed E-state index contributed by atoms with van der Waals surface area (Å²) >= 11 is -0.512. The summed E-state index contributed by atoms with van der Waals surface area (Å²) in [6.07, 6.45) is 11.1. The van der Waals surface area contributed by atoms with E-state index < -0.39 is 44.2 Å². The summed E-state index contributed by atoms with van der Waals surface area (Å²) in [5.74, 6) is 0. The number of unbranched alkanes of at least 4 members (excludes halogenated alkanes) is 1. The molecule has 0 fully saturated rings. The molecular weight excluding hydrogens is 245 g/mol. The molecule has 0 atom stereocenters. The Morgan fingerprint density at radius 3 is 3.10 bits per heavy atom. The van der Waals surface area contributed by atoms with Crippen molar-refractivity contribution in [1.82, 2.24) is 0 Å². The van der Waals surface area contributed by atoms with Gasteiger partial charge in [-0.1, -0.05) is 0 Å². The van der Waals surface area contributed by atoms with Crippen LogP contribution in [-0.2, 0) is 0 Å². The van der Waals surface area contributed by atoms with Crippen LogP contribution in [0.15, 0.2) is 18.3 Å². The molecule has 1 rings (SSSR count). The summed E-state index contributed by atoms with van der Waals surface area (Å²) in [5.41, 5.74) is 0. The van der Waals surface area contributed by atoms with Crippen LogP contribution in [0, 0.1) is 0 Å². The van der Waals surface area contributed by atoms with Crippen LogP contribution in [0.1, 0.15) is 26.2 Å². The Morgan fingerprint density at radius 1 is 1.60 bits per heavy atom. The van der Waals surface area contributed by atoms with Gasteiger partial charge in [0.25, 0.3) is 0 Å². The third-order valence-corrected chi connectivity index (χ3v) is 8.29. The van der Waals surface area contributed by atoms with Crippen molar-refractivity contribution in [3.63, 3.8) is 0 Å². The van der Waals surface area contributed by atoms with Gasteiger partial charge in [0.15, 0.2) is 0 Å². The van der Waals surface area contributed by atoms with Crippen LogP contribution in [0.4, 0.5) is 0 Å². The third kappa shape index (κ3) is 3.44. The summed E-state index contributed by atoms with van der Waals surface area (Å²) in [6, 6.07) is 0. The zero-order valence-electron chi connectivity index (χ0n) is 6.77. The number of hydrogen-bond donors (Lipinski definition) is 0. The second kappa shape index (κ2) is 5.67. The van der Waals surface area contributed by atoms with Crippen molar-refractivity contribution in [2.24, 2.45) is 0 Å². The molecule has 0 heterocycles. The predicted octanol–water partition coefficient (Wildman–Crippen LogP) is 2.75. The van der Waals surface area contributed by atoms with Crippen LogP contribution >= 0.6 is 0 Å². The van der Waals surface area contributed by atoms with Gasteiger partial charge < -0.3 is 0 Å². The van der Waals surface area contributed by atoms with E-state index in [9.17, 15) is 0 Å². The third-order valence-electron chi connectivity index (χ3n) is 1.95. The van der Waals surface area contributed by atoms with Gasteiger partial charge in [-0.2, -0.15) is 0 Å². The first-order valence-electron chi connectivity index (χ1n) is 4.28. The van der Waals surface area contributed by atoms with Crippen LogP contribution in [0.3, 0.4) is 0 Å². The molecule has 0 unspecified atom stereocenters. The minimum atomic E-state index is -0.512. The fourth-order valence-corrected chi connectivity index (χ4v) is 7.18. The molecule has 0 saturated carbocycles. The fraction of sp³-hybridized carbons (Fsp3) is 0.556. The van der Waals surface area contributed by atoms with Crippen molar-refractivity contribution in [1.29, 1.82) is 0 Å². The van der Waals surface area contributed by atoms with Crippen LogP contribution in [-0.4, -0.2) is 44.2 Å². The van der Waals surface area contributed by atoms with Crippen molar-refractivity contribution in [3.8, 4) is 0 Å². The Kier molecular flexibility index (Phi) is 5.18. The van der Waals surface area contributed by atoms with Crippen LogP contribution in [0.2, 0.25) is 0.889 Å². The van der Waals surface area contributed by atoms with E-state index in [1.165, 1.54) is 19.3 Å². The Hall–Kier alpha value is 1.05. The molecule has 0 N–H and O–H groups in total. The van der Waals surface area contributed by atoms with Gasteiger partial charge in [-0.3, -0.25) is 0 Å². The molecule has 0 amide bonds. The molecule has 0 bridgehead atoms. The predicted molar refractivity (Wildman–Crippen MR) is 47.3 cm³/mol. The average molecular weight is 260 g/mol. The average Bonchev–Trinajstić information content (AvgIpc) is 2.41. The van der Waals surface area contributed by atoms with E-state index in [0.29, 0.717) is 0 Å². The molecule has 0 nitrogen and oxygen atoms in total. The molecule has 0 radical (unpaired) electrons. The van der Waals surface area contributed by atoms with E-state index in [2.05, 4.69) is 25.2 Å². The Labute approximate surface area is 88.1 Å². The zero-order chi connectivity index (χ0) is 7.23. The molecule has 1 aliphatic rings. The molecule has 52 valence electrons. The molecule has 1 heteroatoms. The van der Waals surface area contributed by atoms with E-state index in [-0.39, 0.29) is 0 Å². The second-order valence-corrected chi connectivity index (χ2v) is 9.56. The fourth-order valence-electron chi connectivity index (χ4n) is 1.28. The summed E-state index contributed by atoms with van der Waals surface area (Å²) in [5, 5.41) is 0. The Bertz CT molecular complexity index is 145. The molecular formula is C9H14Ba. The first-order chi connectivity index (χ1) is 4.93. The quantitative estimate of drug-likeness (QED) is 0.538. The van der Waals surface area contributed by atoms with Crippen molar-refractivity contribution >= 4 is 44.2 Å². The summed E-state index contributed by atoms with van der Waals surface area (Å²) < 4.78 is 3.44. The van der Waals surface area contributed by atoms with Gasteiger partial charge in [-0.15, -0.1) is 0 Å². The van der Waals surface area contributed by atoms with Crippen LogP contribution in [0.5, 0.6) is 0 Å².